The maximum atomic E-state index is 12.4. The van der Waals surface area contributed by atoms with Crippen molar-refractivity contribution in [2.24, 2.45) is 0 Å². The second kappa shape index (κ2) is 7.41. The number of hydrogen-bond donors (Lipinski definition) is 1. The summed E-state index contributed by atoms with van der Waals surface area (Å²) in [7, 11) is 0. The first kappa shape index (κ1) is 17.0. The lowest BCUT2D eigenvalue weighted by atomic mass is 10.1. The van der Waals surface area contributed by atoms with Gasteiger partial charge in [0.1, 0.15) is 5.52 Å². The van der Waals surface area contributed by atoms with Gasteiger partial charge >= 0.3 is 0 Å². The topological polar surface area (TPSA) is 59.8 Å². The number of hydrogen-bond acceptors (Lipinski definition) is 3. The highest BCUT2D eigenvalue weighted by atomic mass is 16.1. The van der Waals surface area contributed by atoms with Crippen molar-refractivity contribution < 1.29 is 4.79 Å². The van der Waals surface area contributed by atoms with Crippen molar-refractivity contribution in [3.63, 3.8) is 0 Å². The van der Waals surface area contributed by atoms with Gasteiger partial charge in [-0.15, -0.1) is 5.10 Å². The van der Waals surface area contributed by atoms with Gasteiger partial charge < -0.3 is 5.32 Å². The second-order valence-electron chi connectivity index (χ2n) is 6.60. The Morgan fingerprint density at radius 3 is 2.52 bits per heavy atom. The Morgan fingerprint density at radius 1 is 0.963 bits per heavy atom. The van der Waals surface area contributed by atoms with Crippen LogP contribution in [-0.4, -0.2) is 20.9 Å². The number of rotatable bonds is 5. The quantitative estimate of drug-likeness (QED) is 0.593. The molecule has 3 aromatic carbocycles. The Labute approximate surface area is 157 Å². The first-order valence-electron chi connectivity index (χ1n) is 8.90. The standard InChI is InChI=1S/C22H20N4O/c1-16-7-9-18(10-8-16)15-26-21-12-11-19(13-20(21)24-25-26)22(27)23-14-17-5-3-2-4-6-17/h2-13H,14-15H2,1H3,(H,23,27). The monoisotopic (exact) mass is 356 g/mol. The van der Waals surface area contributed by atoms with E-state index in [1.165, 1.54) is 5.56 Å². The molecule has 0 unspecified atom stereocenters. The molecule has 0 aliphatic heterocycles. The van der Waals surface area contributed by atoms with Gasteiger partial charge in [-0.1, -0.05) is 65.4 Å². The van der Waals surface area contributed by atoms with Crippen molar-refractivity contribution in [3.8, 4) is 0 Å². The zero-order valence-electron chi connectivity index (χ0n) is 15.1. The molecule has 0 saturated carbocycles. The summed E-state index contributed by atoms with van der Waals surface area (Å²) >= 11 is 0. The van der Waals surface area contributed by atoms with E-state index in [-0.39, 0.29) is 5.91 Å². The van der Waals surface area contributed by atoms with Crippen LogP contribution in [0.5, 0.6) is 0 Å². The normalized spacial score (nSPS) is 10.9. The summed E-state index contributed by atoms with van der Waals surface area (Å²) in [6, 6.07) is 23.7. The Morgan fingerprint density at radius 2 is 1.74 bits per heavy atom. The van der Waals surface area contributed by atoms with Crippen LogP contribution in [0.4, 0.5) is 0 Å². The largest absolute Gasteiger partial charge is 0.348 e. The van der Waals surface area contributed by atoms with Crippen LogP contribution in [0, 0.1) is 6.92 Å². The van der Waals surface area contributed by atoms with Crippen LogP contribution in [0.3, 0.4) is 0 Å². The number of amides is 1. The lowest BCUT2D eigenvalue weighted by Gasteiger charge is -2.06. The lowest BCUT2D eigenvalue weighted by Crippen LogP contribution is -2.22. The Hall–Kier alpha value is -3.47. The average molecular weight is 356 g/mol. The number of aromatic nitrogens is 3. The van der Waals surface area contributed by atoms with Gasteiger partial charge in [0.15, 0.2) is 0 Å². The van der Waals surface area contributed by atoms with Gasteiger partial charge in [-0.25, -0.2) is 4.68 Å². The molecule has 1 heterocycles. The number of carbonyl (C=O) groups excluding carboxylic acids is 1. The van der Waals surface area contributed by atoms with E-state index in [0.29, 0.717) is 18.7 Å². The molecular weight excluding hydrogens is 336 g/mol. The van der Waals surface area contributed by atoms with Crippen LogP contribution in [0.2, 0.25) is 0 Å². The molecule has 1 N–H and O–H groups in total. The third-order valence-corrected chi connectivity index (χ3v) is 4.52. The maximum absolute atomic E-state index is 12.4. The van der Waals surface area contributed by atoms with Crippen molar-refractivity contribution in [2.45, 2.75) is 20.0 Å². The highest BCUT2D eigenvalue weighted by molar-refractivity contribution is 5.97. The van der Waals surface area contributed by atoms with Crippen LogP contribution in [0.1, 0.15) is 27.0 Å². The second-order valence-corrected chi connectivity index (χ2v) is 6.60. The van der Waals surface area contributed by atoms with Crippen LogP contribution in [0.25, 0.3) is 11.0 Å². The van der Waals surface area contributed by atoms with E-state index in [0.717, 1.165) is 22.2 Å². The highest BCUT2D eigenvalue weighted by Gasteiger charge is 2.10. The van der Waals surface area contributed by atoms with Crippen LogP contribution in [-0.2, 0) is 13.1 Å². The van der Waals surface area contributed by atoms with Gasteiger partial charge in [0, 0.05) is 12.1 Å². The summed E-state index contributed by atoms with van der Waals surface area (Å²) in [5.41, 5.74) is 5.67. The molecule has 1 aromatic heterocycles. The molecule has 1 amide bonds. The molecular formula is C22H20N4O. The molecule has 0 fully saturated rings. The van der Waals surface area contributed by atoms with E-state index in [1.54, 1.807) is 6.07 Å². The number of carbonyl (C=O) groups is 1. The van der Waals surface area contributed by atoms with E-state index in [9.17, 15) is 4.79 Å². The fourth-order valence-electron chi connectivity index (χ4n) is 2.98. The van der Waals surface area contributed by atoms with Gasteiger partial charge in [-0.05, 0) is 36.2 Å². The molecule has 0 radical (unpaired) electrons. The van der Waals surface area contributed by atoms with E-state index in [4.69, 9.17) is 0 Å². The molecule has 4 aromatic rings. The maximum Gasteiger partial charge on any atom is 0.251 e. The number of nitrogens with zero attached hydrogens (tertiary/aromatic N) is 3. The predicted octanol–water partition coefficient (Wildman–Crippen LogP) is 3.72. The van der Waals surface area contributed by atoms with Crippen LogP contribution < -0.4 is 5.32 Å². The van der Waals surface area contributed by atoms with Gasteiger partial charge in [0.25, 0.3) is 5.91 Å². The van der Waals surface area contributed by atoms with Crippen LogP contribution >= 0.6 is 0 Å². The third-order valence-electron chi connectivity index (χ3n) is 4.52. The summed E-state index contributed by atoms with van der Waals surface area (Å²) < 4.78 is 1.85. The first-order chi connectivity index (χ1) is 13.2. The summed E-state index contributed by atoms with van der Waals surface area (Å²) in [4.78, 5) is 12.4. The molecule has 134 valence electrons. The van der Waals surface area contributed by atoms with Gasteiger partial charge in [0.2, 0.25) is 0 Å². The Balaban J connectivity index is 1.49. The number of nitrogens with one attached hydrogen (secondary N) is 1. The molecule has 27 heavy (non-hydrogen) atoms. The summed E-state index contributed by atoms with van der Waals surface area (Å²) in [5.74, 6) is -0.117. The third kappa shape index (κ3) is 3.87. The Bertz CT molecular complexity index is 1070. The first-order valence-corrected chi connectivity index (χ1v) is 8.90. The van der Waals surface area contributed by atoms with E-state index < -0.39 is 0 Å². The van der Waals surface area contributed by atoms with E-state index >= 15 is 0 Å². The minimum absolute atomic E-state index is 0.117. The van der Waals surface area contributed by atoms with Gasteiger partial charge in [0.05, 0.1) is 12.1 Å². The van der Waals surface area contributed by atoms with E-state index in [2.05, 4.69) is 46.8 Å². The fourth-order valence-corrected chi connectivity index (χ4v) is 2.98. The van der Waals surface area contributed by atoms with Crippen molar-refractivity contribution in [2.75, 3.05) is 0 Å². The molecule has 0 aliphatic rings. The summed E-state index contributed by atoms with van der Waals surface area (Å²) in [6.07, 6.45) is 0. The molecule has 0 bridgehead atoms. The van der Waals surface area contributed by atoms with Crippen LogP contribution in [0.15, 0.2) is 72.8 Å². The zero-order chi connectivity index (χ0) is 18.6. The summed E-state index contributed by atoms with van der Waals surface area (Å²) in [6.45, 7) is 3.22. The van der Waals surface area contributed by atoms with E-state index in [1.807, 2.05) is 47.1 Å². The number of fused-ring (bicyclic) bond motifs is 1. The zero-order valence-corrected chi connectivity index (χ0v) is 15.1. The molecule has 4 rings (SSSR count). The minimum atomic E-state index is -0.117. The Kier molecular flexibility index (Phi) is 4.66. The molecule has 0 aliphatic carbocycles. The van der Waals surface area contributed by atoms with Gasteiger partial charge in [-0.3, -0.25) is 4.79 Å². The van der Waals surface area contributed by atoms with Crippen molar-refractivity contribution in [1.29, 1.82) is 0 Å². The molecule has 0 atom stereocenters. The average Bonchev–Trinajstić information content (AvgIpc) is 3.10. The highest BCUT2D eigenvalue weighted by Crippen LogP contribution is 2.15. The van der Waals surface area contributed by atoms with Crippen molar-refractivity contribution >= 4 is 16.9 Å². The van der Waals surface area contributed by atoms with Crippen molar-refractivity contribution in [1.82, 2.24) is 20.3 Å². The fraction of sp³-hybridized carbons (Fsp3) is 0.136. The molecule has 5 nitrogen and oxygen atoms in total. The van der Waals surface area contributed by atoms with Crippen molar-refractivity contribution in [3.05, 3.63) is 95.1 Å². The molecule has 5 heteroatoms. The summed E-state index contributed by atoms with van der Waals surface area (Å²) in [5, 5.41) is 11.4. The van der Waals surface area contributed by atoms with Gasteiger partial charge in [-0.2, -0.15) is 0 Å². The predicted molar refractivity (Wildman–Crippen MR) is 105 cm³/mol. The lowest BCUT2D eigenvalue weighted by molar-refractivity contribution is 0.0951. The number of aryl methyl sites for hydroxylation is 1. The molecule has 0 saturated heterocycles. The smallest absolute Gasteiger partial charge is 0.251 e. The SMILES string of the molecule is Cc1ccc(Cn2nnc3cc(C(=O)NCc4ccccc4)ccc32)cc1. The molecule has 0 spiro atoms. The minimum Gasteiger partial charge on any atom is -0.348 e. The number of benzene rings is 3.